The van der Waals surface area contributed by atoms with Crippen LogP contribution in [0.25, 0.3) is 11.3 Å². The van der Waals surface area contributed by atoms with Crippen molar-refractivity contribution in [3.8, 4) is 28.8 Å². The molecule has 3 aliphatic rings. The van der Waals surface area contributed by atoms with Crippen LogP contribution >= 0.6 is 0 Å². The number of amides is 4. The first kappa shape index (κ1) is 27.9. The fourth-order valence-corrected chi connectivity index (χ4v) is 5.56. The molecule has 10 nitrogen and oxygen atoms in total. The van der Waals surface area contributed by atoms with Crippen molar-refractivity contribution in [1.29, 1.82) is 0 Å². The molecule has 2 N–H and O–H groups in total. The number of hydrogen-bond acceptors (Lipinski definition) is 7. The van der Waals surface area contributed by atoms with Gasteiger partial charge in [0.15, 0.2) is 11.6 Å². The van der Waals surface area contributed by atoms with E-state index in [1.807, 2.05) is 31.2 Å². The van der Waals surface area contributed by atoms with Gasteiger partial charge in [0.25, 0.3) is 11.8 Å². The number of methoxy groups -OCH3 is 1. The minimum absolute atomic E-state index is 0.0511. The van der Waals surface area contributed by atoms with E-state index in [9.17, 15) is 23.6 Å². The predicted molar refractivity (Wildman–Crippen MR) is 155 cm³/mol. The van der Waals surface area contributed by atoms with Crippen molar-refractivity contribution < 1.29 is 28.3 Å². The molecular weight excluding hydrogens is 553 g/mol. The Morgan fingerprint density at radius 2 is 1.77 bits per heavy atom. The third kappa shape index (κ3) is 5.16. The molecule has 3 aliphatic heterocycles. The van der Waals surface area contributed by atoms with Crippen LogP contribution in [0.4, 0.5) is 15.0 Å². The van der Waals surface area contributed by atoms with Crippen molar-refractivity contribution >= 4 is 29.4 Å². The Labute approximate surface area is 247 Å². The number of carbonyl (C=O) groups excluding carboxylic acids is 4. The Morgan fingerprint density at radius 3 is 2.44 bits per heavy atom. The summed E-state index contributed by atoms with van der Waals surface area (Å²) in [4.78, 5) is 58.2. The summed E-state index contributed by atoms with van der Waals surface area (Å²) in [5.41, 5.74) is 1.85. The number of nitrogens with zero attached hydrogens (tertiary/aromatic N) is 3. The molecule has 11 heteroatoms. The van der Waals surface area contributed by atoms with Gasteiger partial charge in [0, 0.05) is 43.6 Å². The fraction of sp³-hybridized carbons (Fsp3) is 0.281. The van der Waals surface area contributed by atoms with Crippen LogP contribution in [0.2, 0.25) is 0 Å². The number of carbonyl (C=O) groups is 4. The number of benzene rings is 2. The van der Waals surface area contributed by atoms with Gasteiger partial charge in [-0.2, -0.15) is 0 Å². The van der Waals surface area contributed by atoms with Crippen LogP contribution in [0.3, 0.4) is 0 Å². The second-order valence-electron chi connectivity index (χ2n) is 10.8. The maximum atomic E-state index is 14.9. The highest BCUT2D eigenvalue weighted by atomic mass is 19.1. The van der Waals surface area contributed by atoms with E-state index in [1.165, 1.54) is 18.1 Å². The molecule has 4 amide bonds. The minimum Gasteiger partial charge on any atom is -0.494 e. The van der Waals surface area contributed by atoms with E-state index in [-0.39, 0.29) is 30.2 Å². The predicted octanol–water partition coefficient (Wildman–Crippen LogP) is 2.96. The average Bonchev–Trinajstić information content (AvgIpc) is 3.47. The summed E-state index contributed by atoms with van der Waals surface area (Å²) in [5, 5.41) is 4.76. The normalized spacial score (nSPS) is 19.5. The first-order chi connectivity index (χ1) is 20.7. The zero-order valence-corrected chi connectivity index (χ0v) is 23.6. The van der Waals surface area contributed by atoms with Gasteiger partial charge in [-0.3, -0.25) is 19.7 Å². The number of fused-ring (bicyclic) bond motifs is 1. The third-order valence-electron chi connectivity index (χ3n) is 7.95. The molecule has 0 unspecified atom stereocenters. The third-order valence-corrected chi connectivity index (χ3v) is 7.95. The molecule has 1 aromatic heterocycles. The topological polar surface area (TPSA) is 121 Å². The summed E-state index contributed by atoms with van der Waals surface area (Å²) in [6.07, 6.45) is 1.03. The first-order valence-corrected chi connectivity index (χ1v) is 13.8. The number of aryl methyl sites for hydroxylation is 1. The molecule has 2 saturated heterocycles. The lowest BCUT2D eigenvalue weighted by atomic mass is 9.98. The van der Waals surface area contributed by atoms with Crippen LogP contribution in [0.1, 0.15) is 39.9 Å². The van der Waals surface area contributed by atoms with Gasteiger partial charge in [-0.1, -0.05) is 36.1 Å². The number of anilines is 1. The number of nitrogens with one attached hydrogen (secondary N) is 2. The minimum atomic E-state index is -1.73. The number of halogens is 1. The lowest BCUT2D eigenvalue weighted by molar-refractivity contribution is -0.122. The fourth-order valence-electron chi connectivity index (χ4n) is 5.56. The Kier molecular flexibility index (Phi) is 7.05. The number of imide groups is 1. The standard InChI is InChI=1S/C32H28FN5O5/c1-19-3-10-25(37-15-12-23(39)13-16-37)34-28(19)21-6-4-20(5-7-21)11-14-32(30(41)35-31(42)36-32)18-38-17-22-8-9-24(43-2)27(33)26(22)29(38)40/h3-10H,12-13,15-18H2,1-2H3,(H2,35,36,41,42)/t32-/m1/s1. The summed E-state index contributed by atoms with van der Waals surface area (Å²) in [5.74, 6) is 4.78. The van der Waals surface area contributed by atoms with Gasteiger partial charge in [-0.25, -0.2) is 14.2 Å². The summed E-state index contributed by atoms with van der Waals surface area (Å²) in [6.45, 7) is 3.04. The lowest BCUT2D eigenvalue weighted by Crippen LogP contribution is -2.54. The zero-order valence-electron chi connectivity index (χ0n) is 23.6. The molecule has 2 aromatic carbocycles. The number of urea groups is 1. The molecule has 218 valence electrons. The van der Waals surface area contributed by atoms with Gasteiger partial charge < -0.3 is 19.9 Å². The van der Waals surface area contributed by atoms with Gasteiger partial charge >= 0.3 is 6.03 Å². The van der Waals surface area contributed by atoms with E-state index in [4.69, 9.17) is 9.72 Å². The van der Waals surface area contributed by atoms with Crippen LogP contribution in [0, 0.1) is 24.6 Å². The molecule has 0 aliphatic carbocycles. The molecule has 2 fully saturated rings. The van der Waals surface area contributed by atoms with Crippen LogP contribution in [0.15, 0.2) is 48.5 Å². The molecule has 6 rings (SSSR count). The quantitative estimate of drug-likeness (QED) is 0.351. The Morgan fingerprint density at radius 1 is 1.02 bits per heavy atom. The van der Waals surface area contributed by atoms with Crippen LogP contribution in [0.5, 0.6) is 5.75 Å². The molecule has 1 atom stereocenters. The van der Waals surface area contributed by atoms with Crippen LogP contribution in [-0.2, 0) is 16.1 Å². The summed E-state index contributed by atoms with van der Waals surface area (Å²) >= 11 is 0. The lowest BCUT2D eigenvalue weighted by Gasteiger charge is -2.27. The van der Waals surface area contributed by atoms with Crippen molar-refractivity contribution in [3.63, 3.8) is 0 Å². The van der Waals surface area contributed by atoms with E-state index in [1.54, 1.807) is 18.2 Å². The zero-order chi connectivity index (χ0) is 30.3. The molecule has 43 heavy (non-hydrogen) atoms. The summed E-state index contributed by atoms with van der Waals surface area (Å²) in [6, 6.07) is 13.6. The van der Waals surface area contributed by atoms with Gasteiger partial charge in [-0.05, 0) is 42.3 Å². The van der Waals surface area contributed by atoms with Crippen LogP contribution in [-0.4, -0.2) is 65.8 Å². The Hall–Kier alpha value is -5.24. The number of ketones is 1. The van der Waals surface area contributed by atoms with Gasteiger partial charge in [0.1, 0.15) is 11.6 Å². The van der Waals surface area contributed by atoms with Crippen molar-refractivity contribution in [2.45, 2.75) is 31.8 Å². The van der Waals surface area contributed by atoms with E-state index in [2.05, 4.69) is 27.4 Å². The van der Waals surface area contributed by atoms with Gasteiger partial charge in [0.2, 0.25) is 5.54 Å². The molecule has 0 bridgehead atoms. The summed E-state index contributed by atoms with van der Waals surface area (Å²) < 4.78 is 19.9. The highest BCUT2D eigenvalue weighted by Crippen LogP contribution is 2.32. The van der Waals surface area contributed by atoms with E-state index in [0.29, 0.717) is 37.1 Å². The largest absolute Gasteiger partial charge is 0.494 e. The first-order valence-electron chi connectivity index (χ1n) is 13.8. The van der Waals surface area contributed by atoms with Crippen molar-refractivity contribution in [1.82, 2.24) is 20.5 Å². The van der Waals surface area contributed by atoms with Gasteiger partial charge in [-0.15, -0.1) is 0 Å². The molecule has 4 heterocycles. The second kappa shape index (κ2) is 10.9. The number of ether oxygens (including phenoxy) is 1. The number of Topliss-reactive ketones (excluding diaryl/α,β-unsaturated/α-hetero) is 1. The van der Waals surface area contributed by atoms with E-state index < -0.39 is 29.2 Å². The molecule has 3 aromatic rings. The van der Waals surface area contributed by atoms with Crippen molar-refractivity contribution in [3.05, 3.63) is 76.6 Å². The highest BCUT2D eigenvalue weighted by molar-refractivity contribution is 6.10. The molecule has 0 radical (unpaired) electrons. The van der Waals surface area contributed by atoms with Crippen LogP contribution < -0.4 is 20.3 Å². The number of piperidine rings is 1. The second-order valence-corrected chi connectivity index (χ2v) is 10.8. The Balaban J connectivity index is 1.24. The van der Waals surface area contributed by atoms with Crippen molar-refractivity contribution in [2.24, 2.45) is 0 Å². The number of pyridine rings is 1. The summed E-state index contributed by atoms with van der Waals surface area (Å²) in [7, 11) is 1.31. The van der Waals surface area contributed by atoms with E-state index in [0.717, 1.165) is 22.6 Å². The molecule has 0 saturated carbocycles. The number of rotatable bonds is 5. The smallest absolute Gasteiger partial charge is 0.323 e. The maximum Gasteiger partial charge on any atom is 0.323 e. The maximum absolute atomic E-state index is 14.9. The highest BCUT2D eigenvalue weighted by Gasteiger charge is 2.48. The monoisotopic (exact) mass is 581 g/mol. The number of aromatic nitrogens is 1. The average molecular weight is 582 g/mol. The van der Waals surface area contributed by atoms with Crippen molar-refractivity contribution in [2.75, 3.05) is 31.6 Å². The Bertz CT molecular complexity index is 1740. The SMILES string of the molecule is COc1ccc2c(c1F)C(=O)N(C[C@@]1(C#Cc3ccc(-c4nc(N5CCC(=O)CC5)ccc4C)cc3)NC(=O)NC1=O)C2. The molecule has 0 spiro atoms. The van der Waals surface area contributed by atoms with Gasteiger partial charge in [0.05, 0.1) is 24.9 Å². The molecular formula is C32H28FN5O5. The number of hydrogen-bond donors (Lipinski definition) is 2. The van der Waals surface area contributed by atoms with E-state index >= 15 is 0 Å².